The standard InChI is InChI=1S/C16H15FN4O2/c1-9-8-18-14-12(15(22)21(3)16(23)20(14)2)13(9)19-11-6-4-5-10(17)7-11/h4-8,12H,1-3H3/p+1. The predicted octanol–water partition coefficient (Wildman–Crippen LogP) is 0.435. The van der Waals surface area contributed by atoms with Crippen LogP contribution in [-0.4, -0.2) is 47.4 Å². The van der Waals surface area contributed by atoms with Crippen molar-refractivity contribution in [2.45, 2.75) is 6.92 Å². The van der Waals surface area contributed by atoms with Crippen LogP contribution in [-0.2, 0) is 4.79 Å². The second-order valence-electron chi connectivity index (χ2n) is 5.51. The fourth-order valence-electron chi connectivity index (χ4n) is 2.67. The highest BCUT2D eigenvalue weighted by Gasteiger charge is 2.50. The molecule has 1 atom stereocenters. The summed E-state index contributed by atoms with van der Waals surface area (Å²) in [5.74, 6) is -1.01. The van der Waals surface area contributed by atoms with Gasteiger partial charge < -0.3 is 0 Å². The Morgan fingerprint density at radius 3 is 2.65 bits per heavy atom. The van der Waals surface area contributed by atoms with E-state index in [1.54, 1.807) is 25.4 Å². The fourth-order valence-corrected chi connectivity index (χ4v) is 2.67. The van der Waals surface area contributed by atoms with E-state index in [4.69, 9.17) is 0 Å². The zero-order valence-corrected chi connectivity index (χ0v) is 13.0. The molecule has 2 heterocycles. The molecule has 0 aliphatic carbocycles. The van der Waals surface area contributed by atoms with Gasteiger partial charge in [-0.3, -0.25) is 9.79 Å². The van der Waals surface area contributed by atoms with Gasteiger partial charge in [0.1, 0.15) is 5.82 Å². The Morgan fingerprint density at radius 2 is 1.96 bits per heavy atom. The van der Waals surface area contributed by atoms with Gasteiger partial charge in [-0.25, -0.2) is 19.1 Å². The summed E-state index contributed by atoms with van der Waals surface area (Å²) in [5.41, 5.74) is 1.68. The van der Waals surface area contributed by atoms with Crippen molar-refractivity contribution in [3.63, 3.8) is 0 Å². The highest BCUT2D eigenvalue weighted by Crippen LogP contribution is 2.24. The van der Waals surface area contributed by atoms with E-state index in [0.29, 0.717) is 17.2 Å². The molecular weight excluding hydrogens is 299 g/mol. The monoisotopic (exact) mass is 315 g/mol. The number of rotatable bonds is 1. The lowest BCUT2D eigenvalue weighted by molar-refractivity contribution is -0.383. The molecule has 0 spiro atoms. The molecule has 0 radical (unpaired) electrons. The van der Waals surface area contributed by atoms with E-state index in [0.717, 1.165) is 10.5 Å². The average molecular weight is 315 g/mol. The zero-order valence-electron chi connectivity index (χ0n) is 13.0. The van der Waals surface area contributed by atoms with Crippen LogP contribution in [0.3, 0.4) is 0 Å². The number of carbonyl (C=O) groups is 2. The van der Waals surface area contributed by atoms with E-state index in [1.165, 1.54) is 24.1 Å². The van der Waals surface area contributed by atoms with Gasteiger partial charge in [0.05, 0.1) is 24.6 Å². The molecule has 3 rings (SSSR count). The van der Waals surface area contributed by atoms with Crippen LogP contribution in [0.15, 0.2) is 41.0 Å². The maximum Gasteiger partial charge on any atom is 0.417 e. The number of amidine groups is 1. The normalized spacial score (nSPS) is 23.0. The van der Waals surface area contributed by atoms with Crippen LogP contribution >= 0.6 is 0 Å². The molecule has 1 aromatic carbocycles. The minimum atomic E-state index is -0.712. The second kappa shape index (κ2) is 5.42. The lowest BCUT2D eigenvalue weighted by atomic mass is 9.91. The number of nitrogens with zero attached hydrogens (tertiary/aromatic N) is 3. The first-order valence-corrected chi connectivity index (χ1v) is 7.10. The molecule has 1 aromatic rings. The van der Waals surface area contributed by atoms with Gasteiger partial charge in [-0.15, -0.1) is 0 Å². The molecule has 23 heavy (non-hydrogen) atoms. The number of halogens is 1. The van der Waals surface area contributed by atoms with Crippen LogP contribution < -0.4 is 4.99 Å². The van der Waals surface area contributed by atoms with Gasteiger partial charge in [0.25, 0.3) is 11.7 Å². The van der Waals surface area contributed by atoms with Crippen LogP contribution in [0.1, 0.15) is 6.92 Å². The molecule has 118 valence electrons. The van der Waals surface area contributed by atoms with Crippen LogP contribution in [0.2, 0.25) is 0 Å². The van der Waals surface area contributed by atoms with E-state index in [-0.39, 0.29) is 5.91 Å². The van der Waals surface area contributed by atoms with Gasteiger partial charge in [-0.05, 0) is 25.1 Å². The van der Waals surface area contributed by atoms with Gasteiger partial charge in [-0.2, -0.15) is 4.90 Å². The number of hydrogen-bond acceptors (Lipinski definition) is 3. The van der Waals surface area contributed by atoms with E-state index >= 15 is 0 Å². The molecule has 1 fully saturated rings. The average Bonchev–Trinajstić information content (AvgIpc) is 2.52. The van der Waals surface area contributed by atoms with Crippen molar-refractivity contribution < 1.29 is 19.0 Å². The number of amides is 3. The first kappa shape index (κ1) is 15.1. The van der Waals surface area contributed by atoms with Crippen LogP contribution in [0.4, 0.5) is 14.9 Å². The Balaban J connectivity index is 2.11. The topological polar surface area (TPSA) is 67.0 Å². The number of carbonyl (C=O) groups excluding carboxylic acids is 2. The molecule has 0 bridgehead atoms. The summed E-state index contributed by atoms with van der Waals surface area (Å²) in [6.45, 7) is 1.81. The molecule has 6 nitrogen and oxygen atoms in total. The van der Waals surface area contributed by atoms with Gasteiger partial charge in [-0.1, -0.05) is 6.07 Å². The third kappa shape index (κ3) is 2.44. The summed E-state index contributed by atoms with van der Waals surface area (Å²) < 4.78 is 13.4. The minimum absolute atomic E-state index is 0.363. The molecule has 1 N–H and O–H groups in total. The van der Waals surface area contributed by atoms with Gasteiger partial charge in [0.15, 0.2) is 5.92 Å². The predicted molar refractivity (Wildman–Crippen MR) is 82.6 cm³/mol. The molecule has 0 saturated carbocycles. The van der Waals surface area contributed by atoms with E-state index in [9.17, 15) is 14.0 Å². The Bertz CT molecular complexity index is 797. The molecule has 1 unspecified atom stereocenters. The summed E-state index contributed by atoms with van der Waals surface area (Å²) in [7, 11) is 3.03. The molecule has 0 aromatic heterocycles. The lowest BCUT2D eigenvalue weighted by Gasteiger charge is -2.32. The zero-order chi connectivity index (χ0) is 16.7. The quantitative estimate of drug-likeness (QED) is 0.817. The molecule has 7 heteroatoms. The number of aliphatic imine (C=N–C) groups is 1. The Morgan fingerprint density at radius 1 is 1.22 bits per heavy atom. The Labute approximate surface area is 132 Å². The third-order valence-corrected chi connectivity index (χ3v) is 3.96. The summed E-state index contributed by atoms with van der Waals surface area (Å²) >= 11 is 0. The Kier molecular flexibility index (Phi) is 3.55. The Hall–Kier alpha value is -2.83. The molecular formula is C16H16FN4O2+. The van der Waals surface area contributed by atoms with Gasteiger partial charge >= 0.3 is 6.03 Å². The van der Waals surface area contributed by atoms with Crippen molar-refractivity contribution in [2.24, 2.45) is 10.9 Å². The first-order valence-electron chi connectivity index (χ1n) is 7.10. The number of allylic oxidation sites excluding steroid dienone is 1. The van der Waals surface area contributed by atoms with Crippen molar-refractivity contribution >= 4 is 29.2 Å². The maximum atomic E-state index is 13.4. The minimum Gasteiger partial charge on any atom is -0.273 e. The highest BCUT2D eigenvalue weighted by atomic mass is 19.1. The summed E-state index contributed by atoms with van der Waals surface area (Å²) in [6.07, 6.45) is 1.69. The first-order chi connectivity index (χ1) is 10.9. The van der Waals surface area contributed by atoms with Crippen LogP contribution in [0.5, 0.6) is 0 Å². The van der Waals surface area contributed by atoms with E-state index < -0.39 is 17.8 Å². The number of fused-ring (bicyclic) bond motifs is 1. The largest absolute Gasteiger partial charge is 0.417 e. The molecule has 3 amide bonds. The summed E-state index contributed by atoms with van der Waals surface area (Å²) in [5, 5.41) is 0. The lowest BCUT2D eigenvalue weighted by Crippen LogP contribution is -2.80. The van der Waals surface area contributed by atoms with Gasteiger partial charge in [0, 0.05) is 12.6 Å². The van der Waals surface area contributed by atoms with Crippen molar-refractivity contribution in [2.75, 3.05) is 14.1 Å². The summed E-state index contributed by atoms with van der Waals surface area (Å²) in [6, 6.07) is 5.44. The van der Waals surface area contributed by atoms with Crippen molar-refractivity contribution in [1.29, 1.82) is 0 Å². The second-order valence-corrected chi connectivity index (χ2v) is 5.51. The number of nitrogens with one attached hydrogen (secondary N) is 1. The fraction of sp³-hybridized carbons (Fsp3) is 0.250. The molecule has 2 aliphatic rings. The number of urea groups is 1. The number of hydrogen-bond donors (Lipinski definition) is 1. The smallest absolute Gasteiger partial charge is 0.273 e. The molecule has 1 saturated heterocycles. The van der Waals surface area contributed by atoms with Crippen molar-refractivity contribution in [1.82, 2.24) is 9.80 Å². The SMILES string of the molecule is CC1=C[NH+]=C2C(C(=O)N(C)C(=O)N2C)C1=Nc1cccc(F)c1. The maximum absolute atomic E-state index is 13.4. The van der Waals surface area contributed by atoms with Crippen LogP contribution in [0, 0.1) is 11.7 Å². The number of imide groups is 1. The van der Waals surface area contributed by atoms with Crippen LogP contribution in [0.25, 0.3) is 0 Å². The third-order valence-electron chi connectivity index (χ3n) is 3.96. The van der Waals surface area contributed by atoms with Crippen molar-refractivity contribution in [3.8, 4) is 0 Å². The number of benzene rings is 1. The van der Waals surface area contributed by atoms with E-state index in [2.05, 4.69) is 9.98 Å². The van der Waals surface area contributed by atoms with Crippen molar-refractivity contribution in [3.05, 3.63) is 41.9 Å². The molecule has 2 aliphatic heterocycles. The summed E-state index contributed by atoms with van der Waals surface area (Å²) in [4.78, 5) is 34.5. The van der Waals surface area contributed by atoms with Gasteiger partial charge in [0.2, 0.25) is 0 Å². The highest BCUT2D eigenvalue weighted by molar-refractivity contribution is 6.31. The van der Waals surface area contributed by atoms with E-state index in [1.807, 2.05) is 6.92 Å².